The number of carbonyl (C=O) groups is 2. The number of rotatable bonds is 7. The van der Waals surface area contributed by atoms with E-state index in [2.05, 4.69) is 5.10 Å². The van der Waals surface area contributed by atoms with Crippen molar-refractivity contribution in [3.05, 3.63) is 87.7 Å². The molecule has 1 unspecified atom stereocenters. The first-order valence-electron chi connectivity index (χ1n) is 10.0. The molecule has 0 saturated heterocycles. The molecule has 0 bridgehead atoms. The third-order valence-corrected chi connectivity index (χ3v) is 5.82. The summed E-state index contributed by atoms with van der Waals surface area (Å²) in [6.45, 7) is 5.59. The van der Waals surface area contributed by atoms with Gasteiger partial charge < -0.3 is 9.64 Å². The van der Waals surface area contributed by atoms with Gasteiger partial charge in [-0.2, -0.15) is 5.10 Å². The van der Waals surface area contributed by atoms with Gasteiger partial charge in [0.25, 0.3) is 5.91 Å². The summed E-state index contributed by atoms with van der Waals surface area (Å²) in [5, 5.41) is 5.10. The molecule has 1 atom stereocenters. The van der Waals surface area contributed by atoms with Crippen molar-refractivity contribution >= 4 is 23.5 Å². The summed E-state index contributed by atoms with van der Waals surface area (Å²) < 4.78 is 7.06. The maximum atomic E-state index is 12.7. The van der Waals surface area contributed by atoms with Crippen LogP contribution in [0.25, 0.3) is 0 Å². The van der Waals surface area contributed by atoms with Crippen LogP contribution in [-0.2, 0) is 16.1 Å². The normalized spacial score (nSPS) is 11.8. The Hall–Kier alpha value is -3.12. The van der Waals surface area contributed by atoms with Crippen molar-refractivity contribution < 1.29 is 14.3 Å². The fourth-order valence-electron chi connectivity index (χ4n) is 3.41. The molecule has 0 radical (unpaired) electrons. The van der Waals surface area contributed by atoms with Crippen LogP contribution in [0.15, 0.2) is 54.6 Å². The van der Waals surface area contributed by atoms with Gasteiger partial charge in [0.15, 0.2) is 6.61 Å². The molecular formula is C24H26ClN3O3. The second-order valence-electron chi connectivity index (χ2n) is 7.46. The molecule has 3 aromatic rings. The van der Waals surface area contributed by atoms with Crippen LogP contribution < -0.4 is 0 Å². The summed E-state index contributed by atoms with van der Waals surface area (Å²) in [5.41, 5.74) is 3.51. The van der Waals surface area contributed by atoms with Crippen LogP contribution in [0.5, 0.6) is 0 Å². The SMILES string of the molecule is Cc1nn(Cc2ccccc2Cl)c(C)c1C(=O)OCC(=O)N(C)C(C)c1ccccc1. The quantitative estimate of drug-likeness (QED) is 0.505. The number of halogens is 1. The summed E-state index contributed by atoms with van der Waals surface area (Å²) in [6.07, 6.45) is 0. The third kappa shape index (κ3) is 5.14. The van der Waals surface area contributed by atoms with Crippen LogP contribution in [0, 0.1) is 13.8 Å². The van der Waals surface area contributed by atoms with Crippen molar-refractivity contribution in [3.8, 4) is 0 Å². The van der Waals surface area contributed by atoms with Gasteiger partial charge in [0.1, 0.15) is 5.56 Å². The summed E-state index contributed by atoms with van der Waals surface area (Å²) in [5.74, 6) is -0.835. The second-order valence-corrected chi connectivity index (χ2v) is 7.87. The Balaban J connectivity index is 1.66. The lowest BCUT2D eigenvalue weighted by Gasteiger charge is -2.25. The van der Waals surface area contributed by atoms with Gasteiger partial charge in [0, 0.05) is 12.1 Å². The fraction of sp³-hybridized carbons (Fsp3) is 0.292. The van der Waals surface area contributed by atoms with Crippen LogP contribution in [0.3, 0.4) is 0 Å². The highest BCUT2D eigenvalue weighted by molar-refractivity contribution is 6.31. The average Bonchev–Trinajstić information content (AvgIpc) is 3.05. The minimum atomic E-state index is -0.561. The smallest absolute Gasteiger partial charge is 0.342 e. The van der Waals surface area contributed by atoms with Gasteiger partial charge in [-0.05, 0) is 38.0 Å². The first-order chi connectivity index (χ1) is 14.8. The Kier molecular flexibility index (Phi) is 7.13. The number of benzene rings is 2. The highest BCUT2D eigenvalue weighted by atomic mass is 35.5. The molecule has 31 heavy (non-hydrogen) atoms. The Morgan fingerprint density at radius 3 is 2.42 bits per heavy atom. The first-order valence-corrected chi connectivity index (χ1v) is 10.4. The molecule has 0 aliphatic rings. The molecule has 1 heterocycles. The van der Waals surface area contributed by atoms with Gasteiger partial charge in [0.05, 0.1) is 24.0 Å². The lowest BCUT2D eigenvalue weighted by molar-refractivity contribution is -0.135. The number of ether oxygens (including phenoxy) is 1. The van der Waals surface area contributed by atoms with E-state index in [-0.39, 0.29) is 18.6 Å². The molecule has 2 aromatic carbocycles. The minimum Gasteiger partial charge on any atom is -0.452 e. The predicted molar refractivity (Wildman–Crippen MR) is 120 cm³/mol. The van der Waals surface area contributed by atoms with Crippen molar-refractivity contribution in [3.63, 3.8) is 0 Å². The molecule has 7 heteroatoms. The molecule has 3 rings (SSSR count). The number of carbonyl (C=O) groups excluding carboxylic acids is 2. The second kappa shape index (κ2) is 9.79. The van der Waals surface area contributed by atoms with E-state index in [1.807, 2.05) is 61.5 Å². The van der Waals surface area contributed by atoms with E-state index >= 15 is 0 Å². The summed E-state index contributed by atoms with van der Waals surface area (Å²) in [6, 6.07) is 17.1. The van der Waals surface area contributed by atoms with Crippen molar-refractivity contribution in [1.29, 1.82) is 0 Å². The number of likely N-dealkylation sites (N-methyl/N-ethyl adjacent to an activating group) is 1. The maximum absolute atomic E-state index is 12.7. The molecule has 1 amide bonds. The molecular weight excluding hydrogens is 414 g/mol. The standard InChI is InChI=1S/C24H26ClN3O3/c1-16-23(18(3)28(26-16)14-20-12-8-9-13-21(20)25)24(30)31-15-22(29)27(4)17(2)19-10-6-5-7-11-19/h5-13,17H,14-15H2,1-4H3. The van der Waals surface area contributed by atoms with Crippen molar-refractivity contribution in [1.82, 2.24) is 14.7 Å². The van der Waals surface area contributed by atoms with Gasteiger partial charge >= 0.3 is 5.97 Å². The molecule has 0 N–H and O–H groups in total. The van der Waals surface area contributed by atoms with Gasteiger partial charge in [0.2, 0.25) is 0 Å². The monoisotopic (exact) mass is 439 g/mol. The van der Waals surface area contributed by atoms with Gasteiger partial charge in [-0.1, -0.05) is 60.1 Å². The summed E-state index contributed by atoms with van der Waals surface area (Å²) >= 11 is 6.24. The first kappa shape index (κ1) is 22.6. The maximum Gasteiger partial charge on any atom is 0.342 e. The zero-order valence-corrected chi connectivity index (χ0v) is 18.9. The van der Waals surface area contributed by atoms with Crippen molar-refractivity contribution in [2.24, 2.45) is 0 Å². The molecule has 0 saturated carbocycles. The van der Waals surface area contributed by atoms with E-state index in [1.54, 1.807) is 30.5 Å². The number of nitrogens with zero attached hydrogens (tertiary/aromatic N) is 3. The van der Waals surface area contributed by atoms with E-state index in [0.717, 1.165) is 11.1 Å². The molecule has 6 nitrogen and oxygen atoms in total. The van der Waals surface area contributed by atoms with E-state index in [1.165, 1.54) is 0 Å². The number of amides is 1. The fourth-order valence-corrected chi connectivity index (χ4v) is 3.60. The summed E-state index contributed by atoms with van der Waals surface area (Å²) in [4.78, 5) is 26.8. The van der Waals surface area contributed by atoms with E-state index in [0.29, 0.717) is 28.5 Å². The molecule has 0 spiro atoms. The lowest BCUT2D eigenvalue weighted by Crippen LogP contribution is -2.33. The lowest BCUT2D eigenvalue weighted by atomic mass is 10.1. The molecule has 0 aliphatic carbocycles. The highest BCUT2D eigenvalue weighted by Gasteiger charge is 2.23. The zero-order chi connectivity index (χ0) is 22.5. The van der Waals surface area contributed by atoms with E-state index < -0.39 is 5.97 Å². The molecule has 0 aliphatic heterocycles. The Bertz CT molecular complexity index is 1080. The van der Waals surface area contributed by atoms with Gasteiger partial charge in [-0.25, -0.2) is 4.79 Å². The average molecular weight is 440 g/mol. The van der Waals surface area contributed by atoms with Gasteiger partial charge in [-0.3, -0.25) is 9.48 Å². The minimum absolute atomic E-state index is 0.130. The third-order valence-electron chi connectivity index (χ3n) is 5.45. The van der Waals surface area contributed by atoms with E-state index in [4.69, 9.17) is 16.3 Å². The van der Waals surface area contributed by atoms with E-state index in [9.17, 15) is 9.59 Å². The Labute approximate surface area is 187 Å². The topological polar surface area (TPSA) is 64.4 Å². The number of hydrogen-bond acceptors (Lipinski definition) is 4. The number of hydrogen-bond donors (Lipinski definition) is 0. The molecule has 162 valence electrons. The Morgan fingerprint density at radius 2 is 1.74 bits per heavy atom. The van der Waals surface area contributed by atoms with Crippen LogP contribution in [0.1, 0.15) is 45.8 Å². The number of aryl methyl sites for hydroxylation is 1. The van der Waals surface area contributed by atoms with Crippen molar-refractivity contribution in [2.45, 2.75) is 33.4 Å². The highest BCUT2D eigenvalue weighted by Crippen LogP contribution is 2.21. The van der Waals surface area contributed by atoms with Crippen LogP contribution >= 0.6 is 11.6 Å². The van der Waals surface area contributed by atoms with Crippen molar-refractivity contribution in [2.75, 3.05) is 13.7 Å². The van der Waals surface area contributed by atoms with Crippen LogP contribution in [0.2, 0.25) is 5.02 Å². The predicted octanol–water partition coefficient (Wildman–Crippen LogP) is 4.58. The van der Waals surface area contributed by atoms with Crippen LogP contribution in [0.4, 0.5) is 0 Å². The van der Waals surface area contributed by atoms with Crippen LogP contribution in [-0.4, -0.2) is 40.2 Å². The summed E-state index contributed by atoms with van der Waals surface area (Å²) in [7, 11) is 1.70. The number of aromatic nitrogens is 2. The molecule has 0 fully saturated rings. The van der Waals surface area contributed by atoms with Gasteiger partial charge in [-0.15, -0.1) is 0 Å². The zero-order valence-electron chi connectivity index (χ0n) is 18.1. The molecule has 1 aromatic heterocycles. The largest absolute Gasteiger partial charge is 0.452 e. The Morgan fingerprint density at radius 1 is 1.10 bits per heavy atom. The number of esters is 1.